The number of hydrogen-bond donors (Lipinski definition) is 2. The zero-order valence-corrected chi connectivity index (χ0v) is 11.7. The number of carbonyl (C=O) groups excluding carboxylic acids is 2. The van der Waals surface area contributed by atoms with Crippen LogP contribution in [0.4, 0.5) is 0 Å². The van der Waals surface area contributed by atoms with Gasteiger partial charge in [-0.05, 0) is 0 Å². The van der Waals surface area contributed by atoms with Gasteiger partial charge in [-0.3, -0.25) is 0 Å². The van der Waals surface area contributed by atoms with Crippen LogP contribution >= 0.6 is 0 Å². The topological polar surface area (TPSA) is 114 Å². The number of terminal acetylenes is 1. The van der Waals surface area contributed by atoms with Crippen molar-refractivity contribution in [3.63, 3.8) is 0 Å². The molecule has 2 atom stereocenters. The van der Waals surface area contributed by atoms with E-state index in [9.17, 15) is 9.59 Å². The first-order valence-corrected chi connectivity index (χ1v) is 7.11. The van der Waals surface area contributed by atoms with Crippen molar-refractivity contribution in [3.05, 3.63) is 0 Å². The first kappa shape index (κ1) is 15.2. The number of esters is 1. The average Bonchev–Trinajstić information content (AvgIpc) is 2.79. The number of carbonyl (C=O) groups is 2. The molecule has 102 valence electrons. The van der Waals surface area contributed by atoms with Crippen molar-refractivity contribution in [1.82, 2.24) is 0 Å². The average molecular weight is 369 g/mol. The van der Waals surface area contributed by atoms with Crippen molar-refractivity contribution >= 4 is 11.9 Å². The van der Waals surface area contributed by atoms with Crippen molar-refractivity contribution in [3.8, 4) is 12.3 Å². The quantitative estimate of drug-likeness (QED) is 0.216. The Bertz CT molecular complexity index is 370. The Hall–Kier alpha value is -0.890. The van der Waals surface area contributed by atoms with Gasteiger partial charge in [0.2, 0.25) is 0 Å². The summed E-state index contributed by atoms with van der Waals surface area (Å²) in [6, 6.07) is 0. The van der Waals surface area contributed by atoms with E-state index in [4.69, 9.17) is 30.4 Å². The Labute approximate surface area is 115 Å². The summed E-state index contributed by atoms with van der Waals surface area (Å²) >= 11 is -1.30. The molecule has 0 unspecified atom stereocenters. The summed E-state index contributed by atoms with van der Waals surface area (Å²) < 4.78 is 14.4. The Morgan fingerprint density at radius 2 is 2.11 bits per heavy atom. The Balaban J connectivity index is 2.69. The van der Waals surface area contributed by atoms with Crippen LogP contribution in [0, 0.1) is 12.3 Å². The molecule has 0 aromatic heterocycles. The fourth-order valence-corrected chi connectivity index (χ4v) is 3.24. The van der Waals surface area contributed by atoms with Crippen LogP contribution in [0.3, 0.4) is 0 Å². The van der Waals surface area contributed by atoms with Gasteiger partial charge in [0.25, 0.3) is 0 Å². The molecule has 1 aliphatic heterocycles. The van der Waals surface area contributed by atoms with Crippen LogP contribution in [0.2, 0.25) is 0 Å². The molecular weight excluding hydrogens is 355 g/mol. The third-order valence-electron chi connectivity index (χ3n) is 2.15. The maximum atomic E-state index is 11.2. The summed E-state index contributed by atoms with van der Waals surface area (Å²) in [5, 5.41) is 0. The summed E-state index contributed by atoms with van der Waals surface area (Å²) in [7, 11) is 0. The first-order chi connectivity index (χ1) is 8.57. The molecule has 1 heterocycles. The van der Waals surface area contributed by atoms with Gasteiger partial charge in [-0.2, -0.15) is 0 Å². The van der Waals surface area contributed by atoms with E-state index in [1.165, 1.54) is 0 Å². The molecule has 1 fully saturated rings. The van der Waals surface area contributed by atoms with Gasteiger partial charge in [-0.1, -0.05) is 0 Å². The van der Waals surface area contributed by atoms with Gasteiger partial charge in [0.1, 0.15) is 0 Å². The third-order valence-corrected chi connectivity index (χ3v) is 4.83. The molecule has 0 aliphatic carbocycles. The summed E-state index contributed by atoms with van der Waals surface area (Å²) in [5.41, 5.74) is 10.3. The van der Waals surface area contributed by atoms with Crippen LogP contribution in [-0.2, 0) is 22.1 Å². The number of hydrogen-bond acceptors (Lipinski definition) is 7. The van der Waals surface area contributed by atoms with Gasteiger partial charge in [0.15, 0.2) is 0 Å². The standard InChI is InChI=1S/C10H14IN2O5/c1-2-10(11-18-9(15)6-13)7(3-4-16-10)17-8(14)5-12/h1,7H,3-6,12-13H2/q-1/t7-,10-/m0/s1. The molecule has 4 N–H and O–H groups in total. The normalized spacial score (nSPS) is 26.6. The predicted octanol–water partition coefficient (Wildman–Crippen LogP) is -4.89. The van der Waals surface area contributed by atoms with Gasteiger partial charge in [-0.15, -0.1) is 0 Å². The van der Waals surface area contributed by atoms with Crippen molar-refractivity contribution in [2.24, 2.45) is 11.5 Å². The van der Waals surface area contributed by atoms with Gasteiger partial charge >= 0.3 is 115 Å². The number of alkyl halides is 1. The molecule has 0 aromatic carbocycles. The molecule has 0 aromatic rings. The van der Waals surface area contributed by atoms with E-state index in [1.807, 2.05) is 0 Å². The van der Waals surface area contributed by atoms with E-state index in [2.05, 4.69) is 5.92 Å². The zero-order valence-electron chi connectivity index (χ0n) is 9.56. The summed E-state index contributed by atoms with van der Waals surface area (Å²) in [6.45, 7) is -0.127. The van der Waals surface area contributed by atoms with E-state index in [-0.39, 0.29) is 13.1 Å². The van der Waals surface area contributed by atoms with E-state index in [0.29, 0.717) is 13.0 Å². The number of rotatable bonds is 5. The van der Waals surface area contributed by atoms with E-state index in [0.717, 1.165) is 0 Å². The Morgan fingerprint density at radius 1 is 1.44 bits per heavy atom. The monoisotopic (exact) mass is 369 g/mol. The second-order valence-electron chi connectivity index (χ2n) is 3.34. The third kappa shape index (κ3) is 3.55. The van der Waals surface area contributed by atoms with Crippen molar-refractivity contribution in [2.75, 3.05) is 19.7 Å². The fourth-order valence-electron chi connectivity index (χ4n) is 1.30. The number of ether oxygens (including phenoxy) is 2. The Kier molecular flexibility index (Phi) is 5.80. The van der Waals surface area contributed by atoms with Crippen LogP contribution in [0.15, 0.2) is 0 Å². The molecule has 0 radical (unpaired) electrons. The van der Waals surface area contributed by atoms with E-state index in [1.54, 1.807) is 0 Å². The van der Waals surface area contributed by atoms with Crippen molar-refractivity contribution < 1.29 is 43.7 Å². The van der Waals surface area contributed by atoms with Crippen LogP contribution in [0.1, 0.15) is 6.42 Å². The van der Waals surface area contributed by atoms with Gasteiger partial charge in [0, 0.05) is 0 Å². The van der Waals surface area contributed by atoms with Crippen LogP contribution in [0.25, 0.3) is 0 Å². The maximum absolute atomic E-state index is 11.2. The summed E-state index contributed by atoms with van der Waals surface area (Å²) in [5.74, 6) is 1.30. The molecule has 18 heavy (non-hydrogen) atoms. The molecular formula is C10H14IN2O5-. The molecule has 0 saturated carbocycles. The SMILES string of the molecule is C#C[C@]1([I-]OC(=O)CN)OCC[C@@H]1OC(=O)CN. The summed E-state index contributed by atoms with van der Waals surface area (Å²) in [4.78, 5) is 22.2. The molecule has 0 amide bonds. The number of nitrogens with two attached hydrogens (primary N) is 2. The molecule has 1 saturated heterocycles. The van der Waals surface area contributed by atoms with Gasteiger partial charge in [-0.25, -0.2) is 0 Å². The minimum absolute atomic E-state index is 0.229. The molecule has 1 rings (SSSR count). The molecule has 8 heteroatoms. The van der Waals surface area contributed by atoms with Crippen molar-refractivity contribution in [2.45, 2.75) is 16.1 Å². The molecule has 0 bridgehead atoms. The Morgan fingerprint density at radius 3 is 2.67 bits per heavy atom. The minimum atomic E-state index is -1.30. The first-order valence-electron chi connectivity index (χ1n) is 5.15. The molecule has 1 aliphatic rings. The molecule has 0 spiro atoms. The predicted molar refractivity (Wildman–Crippen MR) is 56.2 cm³/mol. The molecule has 7 nitrogen and oxygen atoms in total. The van der Waals surface area contributed by atoms with Crippen LogP contribution in [-0.4, -0.2) is 41.3 Å². The van der Waals surface area contributed by atoms with Gasteiger partial charge in [0.05, 0.1) is 0 Å². The van der Waals surface area contributed by atoms with Crippen molar-refractivity contribution in [1.29, 1.82) is 0 Å². The zero-order chi connectivity index (χ0) is 13.6. The number of halogens is 1. The fraction of sp³-hybridized carbons (Fsp3) is 0.600. The second kappa shape index (κ2) is 6.89. The van der Waals surface area contributed by atoms with Gasteiger partial charge < -0.3 is 0 Å². The second-order valence-corrected chi connectivity index (χ2v) is 5.82. The van der Waals surface area contributed by atoms with E-state index >= 15 is 0 Å². The van der Waals surface area contributed by atoms with Crippen LogP contribution < -0.4 is 33.1 Å². The van der Waals surface area contributed by atoms with Crippen LogP contribution in [0.5, 0.6) is 0 Å². The van der Waals surface area contributed by atoms with E-state index < -0.39 is 43.3 Å². The summed E-state index contributed by atoms with van der Waals surface area (Å²) in [6.07, 6.45) is 5.24.